The molecule has 0 atom stereocenters. The van der Waals surface area contributed by atoms with Crippen molar-refractivity contribution in [3.8, 4) is 5.75 Å². The van der Waals surface area contributed by atoms with E-state index in [0.717, 1.165) is 0 Å². The number of furan rings is 1. The Hall–Kier alpha value is -2.19. The number of rotatable bonds is 6. The molecule has 9 heteroatoms. The predicted octanol–water partition coefficient (Wildman–Crippen LogP) is 4.77. The zero-order valence-corrected chi connectivity index (χ0v) is 16.7. The van der Waals surface area contributed by atoms with Gasteiger partial charge in [0.15, 0.2) is 5.76 Å². The molecule has 0 aliphatic rings. The Morgan fingerprint density at radius 1 is 1.22 bits per heavy atom. The zero-order valence-electron chi connectivity index (χ0n) is 14.4. The van der Waals surface area contributed by atoms with E-state index in [9.17, 15) is 9.59 Å². The zero-order chi connectivity index (χ0) is 20.0. The van der Waals surface area contributed by atoms with Crippen LogP contribution in [0.5, 0.6) is 5.75 Å². The van der Waals surface area contributed by atoms with Gasteiger partial charge in [-0.2, -0.15) is 0 Å². The molecule has 1 amide bonds. The predicted molar refractivity (Wildman–Crippen MR) is 110 cm³/mol. The van der Waals surface area contributed by atoms with Gasteiger partial charge in [0.2, 0.25) is 12.2 Å². The molecule has 0 saturated carbocycles. The lowest BCUT2D eigenvalue weighted by atomic mass is 10.1. The van der Waals surface area contributed by atoms with Gasteiger partial charge in [0.1, 0.15) is 11.3 Å². The number of carbonyl (C=O) groups is 2. The molecule has 0 radical (unpaired) electrons. The maximum Gasteiger partial charge on any atom is 0.231 e. The van der Waals surface area contributed by atoms with Crippen molar-refractivity contribution in [2.45, 2.75) is 0 Å². The minimum Gasteiger partial charge on any atom is -0.450 e. The van der Waals surface area contributed by atoms with Crippen molar-refractivity contribution in [3.05, 3.63) is 57.8 Å². The average Bonchev–Trinajstić information content (AvgIpc) is 3.01. The molecular formula is C18H16Cl2N2O4S. The van der Waals surface area contributed by atoms with Gasteiger partial charge in [-0.15, -0.1) is 0 Å². The van der Waals surface area contributed by atoms with E-state index >= 15 is 0 Å². The van der Waals surface area contributed by atoms with Gasteiger partial charge in [0.05, 0.1) is 22.8 Å². The quantitative estimate of drug-likeness (QED) is 0.334. The van der Waals surface area contributed by atoms with E-state index in [1.54, 1.807) is 30.5 Å². The number of ketones is 1. The number of hydrogen-bond donors (Lipinski definition) is 2. The van der Waals surface area contributed by atoms with E-state index in [-0.39, 0.29) is 22.0 Å². The number of fused-ring (bicyclic) bond motifs is 1. The topological polar surface area (TPSA) is 94.6 Å². The van der Waals surface area contributed by atoms with Gasteiger partial charge in [-0.05, 0) is 37.4 Å². The summed E-state index contributed by atoms with van der Waals surface area (Å²) in [6, 6.07) is 9.59. The van der Waals surface area contributed by atoms with Crippen LogP contribution in [0.25, 0.3) is 11.0 Å². The second-order valence-electron chi connectivity index (χ2n) is 4.93. The molecule has 27 heavy (non-hydrogen) atoms. The smallest absolute Gasteiger partial charge is 0.231 e. The molecule has 0 unspecified atom stereocenters. The SMILES string of the molecule is CN.CSOc1ccc2c(NC=O)c(C(=O)c3ccc(Cl)cc3Cl)oc2c1. The molecule has 3 rings (SSSR count). The molecule has 2 aromatic carbocycles. The van der Waals surface area contributed by atoms with E-state index in [1.165, 1.54) is 31.2 Å². The monoisotopic (exact) mass is 426 g/mol. The van der Waals surface area contributed by atoms with Crippen molar-refractivity contribution < 1.29 is 18.2 Å². The third-order valence-electron chi connectivity index (χ3n) is 3.43. The minimum absolute atomic E-state index is 0.0207. The lowest BCUT2D eigenvalue weighted by Gasteiger charge is -2.04. The van der Waals surface area contributed by atoms with Crippen LogP contribution in [0.15, 0.2) is 40.8 Å². The van der Waals surface area contributed by atoms with Crippen LogP contribution in [-0.2, 0) is 4.79 Å². The summed E-state index contributed by atoms with van der Waals surface area (Å²) in [6.07, 6.45) is 2.26. The van der Waals surface area contributed by atoms with Crippen LogP contribution >= 0.6 is 35.2 Å². The molecule has 1 aromatic heterocycles. The summed E-state index contributed by atoms with van der Waals surface area (Å²) >= 11 is 13.2. The van der Waals surface area contributed by atoms with E-state index in [2.05, 4.69) is 11.1 Å². The molecule has 0 fully saturated rings. The van der Waals surface area contributed by atoms with Gasteiger partial charge in [-0.1, -0.05) is 23.2 Å². The van der Waals surface area contributed by atoms with Gasteiger partial charge in [0, 0.05) is 28.3 Å². The molecule has 0 aliphatic heterocycles. The van der Waals surface area contributed by atoms with Crippen LogP contribution in [0.2, 0.25) is 10.0 Å². The first-order chi connectivity index (χ1) is 13.0. The molecule has 0 aliphatic carbocycles. The number of halogens is 2. The van der Waals surface area contributed by atoms with Crippen LogP contribution in [-0.4, -0.2) is 25.5 Å². The summed E-state index contributed by atoms with van der Waals surface area (Å²) in [5.41, 5.74) is 5.40. The van der Waals surface area contributed by atoms with Crippen molar-refractivity contribution >= 4 is 64.1 Å². The maximum atomic E-state index is 12.8. The summed E-state index contributed by atoms with van der Waals surface area (Å²) in [5, 5.41) is 3.71. The highest BCUT2D eigenvalue weighted by molar-refractivity contribution is 7.94. The van der Waals surface area contributed by atoms with E-state index in [0.29, 0.717) is 28.2 Å². The standard InChI is InChI=1S/C17H11Cl2NO4S.CH5N/c1-25-24-10-3-5-12-14(7-10)23-17(15(12)20-8-21)16(22)11-4-2-9(18)6-13(11)19;1-2/h2-8H,1H3,(H,20,21);2H2,1H3. The van der Waals surface area contributed by atoms with Crippen molar-refractivity contribution in [2.75, 3.05) is 18.6 Å². The molecule has 6 nitrogen and oxygen atoms in total. The van der Waals surface area contributed by atoms with E-state index < -0.39 is 5.78 Å². The molecular weight excluding hydrogens is 411 g/mol. The number of benzene rings is 2. The van der Waals surface area contributed by atoms with Crippen molar-refractivity contribution in [1.29, 1.82) is 0 Å². The van der Waals surface area contributed by atoms with E-state index in [1.807, 2.05) is 0 Å². The largest absolute Gasteiger partial charge is 0.450 e. The van der Waals surface area contributed by atoms with Gasteiger partial charge in [0.25, 0.3) is 0 Å². The van der Waals surface area contributed by atoms with Gasteiger partial charge >= 0.3 is 0 Å². The van der Waals surface area contributed by atoms with Gasteiger partial charge in [-0.3, -0.25) is 9.59 Å². The Balaban J connectivity index is 0.00000126. The Bertz CT molecular complexity index is 975. The number of nitrogens with one attached hydrogen (secondary N) is 1. The lowest BCUT2D eigenvalue weighted by Crippen LogP contribution is -2.05. The van der Waals surface area contributed by atoms with Gasteiger partial charge in [-0.25, -0.2) is 0 Å². The fourth-order valence-corrected chi connectivity index (χ4v) is 3.17. The Morgan fingerprint density at radius 2 is 1.96 bits per heavy atom. The first kappa shape index (κ1) is 21.1. The van der Waals surface area contributed by atoms with Crippen molar-refractivity contribution in [3.63, 3.8) is 0 Å². The first-order valence-electron chi connectivity index (χ1n) is 7.60. The maximum absolute atomic E-state index is 12.8. The average molecular weight is 427 g/mol. The Morgan fingerprint density at radius 3 is 2.59 bits per heavy atom. The Labute approximate surface area is 170 Å². The molecule has 142 valence electrons. The number of carbonyl (C=O) groups excluding carboxylic acids is 2. The van der Waals surface area contributed by atoms with Crippen LogP contribution in [0.3, 0.4) is 0 Å². The summed E-state index contributed by atoms with van der Waals surface area (Å²) in [5.74, 6) is 0.0807. The molecule has 0 bridgehead atoms. The third-order valence-corrected chi connectivity index (χ3v) is 4.33. The van der Waals surface area contributed by atoms with Crippen LogP contribution in [0.1, 0.15) is 16.1 Å². The van der Waals surface area contributed by atoms with Crippen LogP contribution in [0.4, 0.5) is 5.69 Å². The number of amides is 1. The molecule has 3 aromatic rings. The fraction of sp³-hybridized carbons (Fsp3) is 0.111. The van der Waals surface area contributed by atoms with Crippen LogP contribution < -0.4 is 15.2 Å². The second kappa shape index (κ2) is 9.66. The molecule has 0 saturated heterocycles. The summed E-state index contributed by atoms with van der Waals surface area (Å²) in [6.45, 7) is 0. The summed E-state index contributed by atoms with van der Waals surface area (Å²) in [7, 11) is 1.50. The molecule has 1 heterocycles. The molecule has 3 N–H and O–H groups in total. The normalized spacial score (nSPS) is 10.1. The van der Waals surface area contributed by atoms with Crippen LogP contribution in [0, 0.1) is 0 Å². The highest BCUT2D eigenvalue weighted by atomic mass is 35.5. The first-order valence-corrected chi connectivity index (χ1v) is 9.50. The fourth-order valence-electron chi connectivity index (χ4n) is 2.38. The highest BCUT2D eigenvalue weighted by Gasteiger charge is 2.24. The van der Waals surface area contributed by atoms with Crippen molar-refractivity contribution in [2.24, 2.45) is 5.73 Å². The number of hydrogen-bond acceptors (Lipinski definition) is 6. The molecule has 0 spiro atoms. The summed E-state index contributed by atoms with van der Waals surface area (Å²) in [4.78, 5) is 23.8. The highest BCUT2D eigenvalue weighted by Crippen LogP contribution is 2.36. The lowest BCUT2D eigenvalue weighted by molar-refractivity contribution is -0.105. The second-order valence-corrected chi connectivity index (χ2v) is 6.27. The third kappa shape index (κ3) is 4.56. The van der Waals surface area contributed by atoms with Crippen molar-refractivity contribution in [1.82, 2.24) is 0 Å². The minimum atomic E-state index is -0.463. The number of nitrogens with two attached hydrogens (primary N) is 1. The van der Waals surface area contributed by atoms with E-state index in [4.69, 9.17) is 31.8 Å². The number of anilines is 1. The summed E-state index contributed by atoms with van der Waals surface area (Å²) < 4.78 is 11.0. The Kier molecular flexibility index (Phi) is 7.55. The van der Waals surface area contributed by atoms with Gasteiger partial charge < -0.3 is 19.7 Å².